The fourth-order valence-electron chi connectivity index (χ4n) is 3.26. The second-order valence-corrected chi connectivity index (χ2v) is 6.77. The van der Waals surface area contributed by atoms with Gasteiger partial charge in [-0.15, -0.1) is 0 Å². The minimum absolute atomic E-state index is 0.108. The topological polar surface area (TPSA) is 76.2 Å². The molecule has 0 spiro atoms. The first-order valence-electron chi connectivity index (χ1n) is 8.70. The van der Waals surface area contributed by atoms with E-state index >= 15 is 0 Å². The molecule has 0 amide bonds. The quantitative estimate of drug-likeness (QED) is 0.879. The van der Waals surface area contributed by atoms with E-state index in [-0.39, 0.29) is 5.56 Å². The molecule has 1 aromatic heterocycles. The summed E-state index contributed by atoms with van der Waals surface area (Å²) in [4.78, 5) is 19.8. The van der Waals surface area contributed by atoms with Gasteiger partial charge in [0.1, 0.15) is 5.82 Å². The first-order valence-corrected chi connectivity index (χ1v) is 8.70. The molecule has 0 bridgehead atoms. The van der Waals surface area contributed by atoms with Crippen molar-refractivity contribution in [3.63, 3.8) is 0 Å². The lowest BCUT2D eigenvalue weighted by Gasteiger charge is -2.23. The van der Waals surface area contributed by atoms with Gasteiger partial charge in [-0.05, 0) is 38.3 Å². The number of piperidine rings is 1. The lowest BCUT2D eigenvalue weighted by atomic mass is 10.0. The Morgan fingerprint density at radius 1 is 1.25 bits per heavy atom. The van der Waals surface area contributed by atoms with Crippen molar-refractivity contribution >= 4 is 10.9 Å². The number of methoxy groups -OCH3 is 1. The van der Waals surface area contributed by atoms with E-state index in [1.165, 1.54) is 12.8 Å². The van der Waals surface area contributed by atoms with Gasteiger partial charge >= 0.3 is 0 Å². The summed E-state index contributed by atoms with van der Waals surface area (Å²) in [6.07, 6.45) is 4.56. The molecule has 1 aromatic carbocycles. The van der Waals surface area contributed by atoms with Crippen LogP contribution in [0.25, 0.3) is 10.9 Å². The Kier molecular flexibility index (Phi) is 4.14. The summed E-state index contributed by atoms with van der Waals surface area (Å²) >= 11 is 0. The van der Waals surface area contributed by atoms with Gasteiger partial charge in [0, 0.05) is 24.4 Å². The Balaban J connectivity index is 1.64. The summed E-state index contributed by atoms with van der Waals surface area (Å²) < 4.78 is 11.4. The number of rotatable bonds is 5. The third-order valence-electron chi connectivity index (χ3n) is 4.85. The smallest absolute Gasteiger partial charge is 0.258 e. The molecule has 1 aliphatic heterocycles. The Labute approximate surface area is 140 Å². The van der Waals surface area contributed by atoms with Crippen molar-refractivity contribution in [2.24, 2.45) is 5.92 Å². The molecule has 2 aromatic rings. The van der Waals surface area contributed by atoms with E-state index in [9.17, 15) is 4.79 Å². The first kappa shape index (κ1) is 15.4. The third kappa shape index (κ3) is 3.11. The fourth-order valence-corrected chi connectivity index (χ4v) is 3.26. The fraction of sp³-hybridized carbons (Fsp3) is 0.556. The molecule has 128 valence electrons. The molecule has 2 N–H and O–H groups in total. The predicted octanol–water partition coefficient (Wildman–Crippen LogP) is 2.19. The molecule has 1 unspecified atom stereocenters. The van der Waals surface area contributed by atoms with Gasteiger partial charge in [0.15, 0.2) is 11.5 Å². The van der Waals surface area contributed by atoms with Crippen LogP contribution in [-0.4, -0.2) is 36.8 Å². The van der Waals surface area contributed by atoms with Gasteiger partial charge < -0.3 is 19.8 Å². The van der Waals surface area contributed by atoms with Crippen LogP contribution in [0.3, 0.4) is 0 Å². The van der Waals surface area contributed by atoms with E-state index in [1.54, 1.807) is 13.2 Å². The summed E-state index contributed by atoms with van der Waals surface area (Å²) in [5, 5.41) is 3.94. The van der Waals surface area contributed by atoms with Gasteiger partial charge in [-0.25, -0.2) is 4.98 Å². The van der Waals surface area contributed by atoms with Gasteiger partial charge in [0.25, 0.3) is 5.56 Å². The second-order valence-electron chi connectivity index (χ2n) is 6.77. The molecule has 1 saturated heterocycles. The summed E-state index contributed by atoms with van der Waals surface area (Å²) in [5.41, 5.74) is 0.571. The van der Waals surface area contributed by atoms with Crippen molar-refractivity contribution in [3.05, 3.63) is 28.3 Å². The Bertz CT molecular complexity index is 792. The minimum Gasteiger partial charge on any atom is -0.493 e. The SMILES string of the molecule is COc1cc2c(=O)[nH]c(C3CC3)nc2cc1OCC1CCCNC1. The van der Waals surface area contributed by atoms with Crippen LogP contribution in [0.15, 0.2) is 16.9 Å². The minimum atomic E-state index is -0.108. The first-order chi connectivity index (χ1) is 11.7. The normalized spacial score (nSPS) is 21.0. The van der Waals surface area contributed by atoms with E-state index in [0.29, 0.717) is 40.8 Å². The van der Waals surface area contributed by atoms with E-state index in [0.717, 1.165) is 31.8 Å². The molecule has 1 atom stereocenters. The molecular weight excluding hydrogens is 306 g/mol. The van der Waals surface area contributed by atoms with Crippen molar-refractivity contribution < 1.29 is 9.47 Å². The molecule has 0 radical (unpaired) electrons. The van der Waals surface area contributed by atoms with Crippen LogP contribution in [0.1, 0.15) is 37.4 Å². The molecule has 2 heterocycles. The zero-order chi connectivity index (χ0) is 16.5. The van der Waals surface area contributed by atoms with Crippen molar-refractivity contribution in [2.45, 2.75) is 31.6 Å². The van der Waals surface area contributed by atoms with Crippen molar-refractivity contribution in [3.8, 4) is 11.5 Å². The third-order valence-corrected chi connectivity index (χ3v) is 4.85. The van der Waals surface area contributed by atoms with Crippen LogP contribution in [0.4, 0.5) is 0 Å². The molecule has 2 fully saturated rings. The number of benzene rings is 1. The lowest BCUT2D eigenvalue weighted by Crippen LogP contribution is -2.33. The van der Waals surface area contributed by atoms with Crippen molar-refractivity contribution in [1.82, 2.24) is 15.3 Å². The van der Waals surface area contributed by atoms with Gasteiger partial charge in [-0.1, -0.05) is 0 Å². The van der Waals surface area contributed by atoms with Crippen molar-refractivity contribution in [2.75, 3.05) is 26.8 Å². The number of hydrogen-bond donors (Lipinski definition) is 2. The number of ether oxygens (including phenoxy) is 2. The molecule has 1 aliphatic carbocycles. The average molecular weight is 329 g/mol. The zero-order valence-electron chi connectivity index (χ0n) is 13.9. The Morgan fingerprint density at radius 3 is 2.83 bits per heavy atom. The number of nitrogens with zero attached hydrogens (tertiary/aromatic N) is 1. The van der Waals surface area contributed by atoms with Gasteiger partial charge in [0.05, 0.1) is 24.6 Å². The monoisotopic (exact) mass is 329 g/mol. The van der Waals surface area contributed by atoms with Crippen molar-refractivity contribution in [1.29, 1.82) is 0 Å². The number of fused-ring (bicyclic) bond motifs is 1. The van der Waals surface area contributed by atoms with Crippen LogP contribution in [0.5, 0.6) is 11.5 Å². The highest BCUT2D eigenvalue weighted by Crippen LogP contribution is 2.38. The van der Waals surface area contributed by atoms with Gasteiger partial charge in [0.2, 0.25) is 0 Å². The second kappa shape index (κ2) is 6.43. The molecular formula is C18H23N3O3. The Morgan fingerprint density at radius 2 is 2.12 bits per heavy atom. The molecule has 4 rings (SSSR count). The number of hydrogen-bond acceptors (Lipinski definition) is 5. The van der Waals surface area contributed by atoms with E-state index in [1.807, 2.05) is 6.07 Å². The number of aromatic nitrogens is 2. The lowest BCUT2D eigenvalue weighted by molar-refractivity contribution is 0.211. The van der Waals surface area contributed by atoms with E-state index in [2.05, 4.69) is 15.3 Å². The summed E-state index contributed by atoms with van der Waals surface area (Å²) in [5.74, 6) is 2.95. The largest absolute Gasteiger partial charge is 0.493 e. The molecule has 1 saturated carbocycles. The van der Waals surface area contributed by atoms with Crippen LogP contribution in [0.2, 0.25) is 0 Å². The molecule has 6 heteroatoms. The Hall–Kier alpha value is -2.08. The van der Waals surface area contributed by atoms with E-state index in [4.69, 9.17) is 9.47 Å². The van der Waals surface area contributed by atoms with Crippen LogP contribution in [0, 0.1) is 5.92 Å². The average Bonchev–Trinajstić information content (AvgIpc) is 3.45. The zero-order valence-corrected chi connectivity index (χ0v) is 13.9. The van der Waals surface area contributed by atoms with Crippen LogP contribution < -0.4 is 20.3 Å². The predicted molar refractivity (Wildman–Crippen MR) is 92.0 cm³/mol. The van der Waals surface area contributed by atoms with Crippen LogP contribution >= 0.6 is 0 Å². The summed E-state index contributed by atoms with van der Waals surface area (Å²) in [6, 6.07) is 3.57. The number of H-pyrrole nitrogens is 1. The number of aromatic amines is 1. The number of nitrogens with one attached hydrogen (secondary N) is 2. The summed E-state index contributed by atoms with van der Waals surface area (Å²) in [7, 11) is 1.59. The maximum absolute atomic E-state index is 12.3. The highest BCUT2D eigenvalue weighted by molar-refractivity contribution is 5.81. The summed E-state index contributed by atoms with van der Waals surface area (Å²) in [6.45, 7) is 2.72. The maximum Gasteiger partial charge on any atom is 0.258 e. The highest BCUT2D eigenvalue weighted by Gasteiger charge is 2.27. The molecule has 6 nitrogen and oxygen atoms in total. The molecule has 2 aliphatic rings. The van der Waals surface area contributed by atoms with E-state index < -0.39 is 0 Å². The van der Waals surface area contributed by atoms with Gasteiger partial charge in [-0.3, -0.25) is 4.79 Å². The molecule has 24 heavy (non-hydrogen) atoms. The van der Waals surface area contributed by atoms with Crippen LogP contribution in [-0.2, 0) is 0 Å². The maximum atomic E-state index is 12.3. The standard InChI is InChI=1S/C18H23N3O3/c1-23-15-7-13-14(20-17(12-4-5-12)21-18(13)22)8-16(15)24-10-11-3-2-6-19-9-11/h7-8,11-12,19H,2-6,9-10H2,1H3,(H,20,21,22). The highest BCUT2D eigenvalue weighted by atomic mass is 16.5. The van der Waals surface area contributed by atoms with Gasteiger partial charge in [-0.2, -0.15) is 0 Å².